The molecule has 7 heteroatoms. The Bertz CT molecular complexity index is 1080. The fourth-order valence-electron chi connectivity index (χ4n) is 3.74. The maximum Gasteiger partial charge on any atom is 0.269 e. The molecule has 0 unspecified atom stereocenters. The van der Waals surface area contributed by atoms with E-state index >= 15 is 0 Å². The van der Waals surface area contributed by atoms with E-state index in [1.807, 2.05) is 12.1 Å². The van der Waals surface area contributed by atoms with Gasteiger partial charge in [-0.15, -0.1) is 11.3 Å². The molecule has 1 heterocycles. The molecule has 0 saturated heterocycles. The van der Waals surface area contributed by atoms with Crippen molar-refractivity contribution in [1.29, 1.82) is 0 Å². The summed E-state index contributed by atoms with van der Waals surface area (Å²) in [7, 11) is 0. The standard InChI is InChI=1S/C24H30N4O2S/c1-5-26(6-2)12-7-13-27-23(20-8-10-22(11-9-20)28(29)30)17-31-24(27)25-21-15-18(3)14-19(4)16-21/h8-11,14-17H,5-7,12-13H2,1-4H3. The van der Waals surface area contributed by atoms with E-state index in [4.69, 9.17) is 4.99 Å². The Morgan fingerprint density at radius 1 is 1.06 bits per heavy atom. The molecule has 0 spiro atoms. The number of nitro groups is 1. The first-order valence-corrected chi connectivity index (χ1v) is 11.6. The maximum atomic E-state index is 11.0. The molecule has 3 rings (SSSR count). The lowest BCUT2D eigenvalue weighted by atomic mass is 10.1. The molecule has 0 amide bonds. The van der Waals surface area contributed by atoms with E-state index in [2.05, 4.69) is 60.7 Å². The van der Waals surface area contributed by atoms with Gasteiger partial charge >= 0.3 is 0 Å². The smallest absolute Gasteiger partial charge is 0.269 e. The van der Waals surface area contributed by atoms with Crippen LogP contribution in [-0.2, 0) is 6.54 Å². The molecule has 3 aromatic rings. The van der Waals surface area contributed by atoms with Crippen molar-refractivity contribution in [2.75, 3.05) is 19.6 Å². The van der Waals surface area contributed by atoms with Crippen molar-refractivity contribution in [3.8, 4) is 11.3 Å². The van der Waals surface area contributed by atoms with Crippen molar-refractivity contribution in [3.63, 3.8) is 0 Å². The Hall–Kier alpha value is -2.77. The summed E-state index contributed by atoms with van der Waals surface area (Å²) in [6.07, 6.45) is 1.01. The van der Waals surface area contributed by atoms with Gasteiger partial charge in [-0.25, -0.2) is 4.99 Å². The molecule has 0 atom stereocenters. The van der Waals surface area contributed by atoms with Crippen molar-refractivity contribution < 1.29 is 4.92 Å². The van der Waals surface area contributed by atoms with E-state index in [0.717, 1.165) is 54.3 Å². The Morgan fingerprint density at radius 2 is 1.71 bits per heavy atom. The third-order valence-electron chi connectivity index (χ3n) is 5.35. The monoisotopic (exact) mass is 438 g/mol. The van der Waals surface area contributed by atoms with Crippen LogP contribution in [0.25, 0.3) is 11.3 Å². The van der Waals surface area contributed by atoms with Crippen molar-refractivity contribution >= 4 is 22.7 Å². The number of rotatable bonds is 9. The van der Waals surface area contributed by atoms with Crippen LogP contribution in [0.5, 0.6) is 0 Å². The van der Waals surface area contributed by atoms with Gasteiger partial charge in [-0.3, -0.25) is 10.1 Å². The zero-order chi connectivity index (χ0) is 22.4. The van der Waals surface area contributed by atoms with Crippen LogP contribution in [-0.4, -0.2) is 34.0 Å². The fourth-order valence-corrected chi connectivity index (χ4v) is 4.69. The van der Waals surface area contributed by atoms with Crippen molar-refractivity contribution in [2.45, 2.75) is 40.7 Å². The number of aryl methyl sites for hydroxylation is 2. The third kappa shape index (κ3) is 5.89. The summed E-state index contributed by atoms with van der Waals surface area (Å²) >= 11 is 1.61. The minimum absolute atomic E-state index is 0.104. The van der Waals surface area contributed by atoms with Crippen LogP contribution >= 0.6 is 11.3 Å². The van der Waals surface area contributed by atoms with Gasteiger partial charge in [0.25, 0.3) is 5.69 Å². The van der Waals surface area contributed by atoms with Gasteiger partial charge in [0.1, 0.15) is 0 Å². The largest absolute Gasteiger partial charge is 0.316 e. The van der Waals surface area contributed by atoms with Gasteiger partial charge in [-0.1, -0.05) is 19.9 Å². The van der Waals surface area contributed by atoms with Crippen LogP contribution in [0.2, 0.25) is 0 Å². The lowest BCUT2D eigenvalue weighted by Crippen LogP contribution is -2.26. The second-order valence-electron chi connectivity index (χ2n) is 7.70. The van der Waals surface area contributed by atoms with Crippen molar-refractivity contribution in [3.05, 3.63) is 73.9 Å². The molecule has 0 saturated carbocycles. The lowest BCUT2D eigenvalue weighted by molar-refractivity contribution is -0.384. The second-order valence-corrected chi connectivity index (χ2v) is 8.53. The average molecular weight is 439 g/mol. The second kappa shape index (κ2) is 10.5. The highest BCUT2D eigenvalue weighted by Gasteiger charge is 2.11. The summed E-state index contributed by atoms with van der Waals surface area (Å²) in [5, 5.41) is 13.1. The van der Waals surface area contributed by atoms with Crippen LogP contribution < -0.4 is 4.80 Å². The Morgan fingerprint density at radius 3 is 2.29 bits per heavy atom. The van der Waals surface area contributed by atoms with E-state index in [-0.39, 0.29) is 10.6 Å². The number of benzene rings is 2. The summed E-state index contributed by atoms with van der Waals surface area (Å²) < 4.78 is 2.24. The quantitative estimate of drug-likeness (QED) is 0.318. The van der Waals surface area contributed by atoms with Gasteiger partial charge in [0.15, 0.2) is 4.80 Å². The summed E-state index contributed by atoms with van der Waals surface area (Å²) in [4.78, 5) is 19.0. The fraction of sp³-hybridized carbons (Fsp3) is 0.375. The Kier molecular flexibility index (Phi) is 7.76. The van der Waals surface area contributed by atoms with Gasteiger partial charge in [-0.2, -0.15) is 0 Å². The number of nitro benzene ring substituents is 1. The minimum atomic E-state index is -0.365. The highest BCUT2D eigenvalue weighted by Crippen LogP contribution is 2.24. The number of non-ortho nitro benzene ring substituents is 1. The minimum Gasteiger partial charge on any atom is -0.316 e. The van der Waals surface area contributed by atoms with Gasteiger partial charge < -0.3 is 9.47 Å². The van der Waals surface area contributed by atoms with Crippen LogP contribution in [0.3, 0.4) is 0 Å². The third-order valence-corrected chi connectivity index (χ3v) is 6.22. The maximum absolute atomic E-state index is 11.0. The van der Waals surface area contributed by atoms with E-state index in [0.29, 0.717) is 0 Å². The molecule has 2 aromatic carbocycles. The number of hydrogen-bond donors (Lipinski definition) is 0. The molecule has 6 nitrogen and oxygen atoms in total. The van der Waals surface area contributed by atoms with Gasteiger partial charge in [0.05, 0.1) is 16.3 Å². The number of aromatic nitrogens is 1. The van der Waals surface area contributed by atoms with Crippen LogP contribution in [0.1, 0.15) is 31.4 Å². The predicted molar refractivity (Wildman–Crippen MR) is 128 cm³/mol. The van der Waals surface area contributed by atoms with Crippen LogP contribution in [0, 0.1) is 24.0 Å². The van der Waals surface area contributed by atoms with Crippen molar-refractivity contribution in [1.82, 2.24) is 9.47 Å². The topological polar surface area (TPSA) is 63.7 Å². The Balaban J connectivity index is 2.00. The lowest BCUT2D eigenvalue weighted by Gasteiger charge is -2.18. The highest BCUT2D eigenvalue weighted by molar-refractivity contribution is 7.07. The van der Waals surface area contributed by atoms with E-state index in [1.165, 1.54) is 11.1 Å². The zero-order valence-electron chi connectivity index (χ0n) is 18.7. The van der Waals surface area contributed by atoms with Crippen LogP contribution in [0.15, 0.2) is 52.8 Å². The molecule has 0 aliphatic rings. The molecule has 164 valence electrons. The SMILES string of the molecule is CCN(CC)CCCn1c(-c2ccc([N+](=O)[O-])cc2)csc1=Nc1cc(C)cc(C)c1. The van der Waals surface area contributed by atoms with E-state index in [1.54, 1.807) is 23.5 Å². The summed E-state index contributed by atoms with van der Waals surface area (Å²) in [5.74, 6) is 0. The molecular weight excluding hydrogens is 408 g/mol. The summed E-state index contributed by atoms with van der Waals surface area (Å²) in [6, 6.07) is 13.1. The normalized spacial score (nSPS) is 12.0. The molecule has 0 fully saturated rings. The number of nitrogens with zero attached hydrogens (tertiary/aromatic N) is 4. The molecular formula is C24H30N4O2S. The molecule has 0 radical (unpaired) electrons. The zero-order valence-corrected chi connectivity index (χ0v) is 19.5. The summed E-state index contributed by atoms with van der Waals surface area (Å²) in [6.45, 7) is 12.5. The number of thiazole rings is 1. The van der Waals surface area contributed by atoms with Gasteiger partial charge in [-0.05, 0) is 80.9 Å². The molecule has 0 N–H and O–H groups in total. The first-order chi connectivity index (χ1) is 14.9. The predicted octanol–water partition coefficient (Wildman–Crippen LogP) is 5.71. The van der Waals surface area contributed by atoms with Crippen LogP contribution in [0.4, 0.5) is 11.4 Å². The highest BCUT2D eigenvalue weighted by atomic mass is 32.1. The first-order valence-electron chi connectivity index (χ1n) is 10.7. The van der Waals surface area contributed by atoms with E-state index in [9.17, 15) is 10.1 Å². The molecule has 0 aliphatic heterocycles. The average Bonchev–Trinajstić information content (AvgIpc) is 3.12. The first kappa shape index (κ1) is 22.9. The molecule has 0 bridgehead atoms. The van der Waals surface area contributed by atoms with Gasteiger partial charge in [0, 0.05) is 24.1 Å². The summed E-state index contributed by atoms with van der Waals surface area (Å²) in [5.41, 5.74) is 5.45. The van der Waals surface area contributed by atoms with Gasteiger partial charge in [0.2, 0.25) is 0 Å². The Labute approximate surface area is 187 Å². The molecule has 1 aromatic heterocycles. The van der Waals surface area contributed by atoms with E-state index < -0.39 is 0 Å². The number of hydrogen-bond acceptors (Lipinski definition) is 5. The molecule has 0 aliphatic carbocycles. The van der Waals surface area contributed by atoms with Crippen molar-refractivity contribution in [2.24, 2.45) is 4.99 Å². The molecule has 31 heavy (non-hydrogen) atoms.